The smallest absolute Gasteiger partial charge is 0.234 e. The minimum atomic E-state index is -0.0930. The number of piperazine rings is 1. The third-order valence-electron chi connectivity index (χ3n) is 4.15. The van der Waals surface area contributed by atoms with Gasteiger partial charge >= 0.3 is 0 Å². The number of amidine groups is 1. The molecular weight excluding hydrogens is 312 g/mol. The van der Waals surface area contributed by atoms with E-state index >= 15 is 0 Å². The zero-order valence-corrected chi connectivity index (χ0v) is 14.5. The van der Waals surface area contributed by atoms with E-state index in [4.69, 9.17) is 4.42 Å². The van der Waals surface area contributed by atoms with Gasteiger partial charge in [-0.05, 0) is 19.1 Å². The Labute approximate surface area is 141 Å². The molecule has 0 unspecified atom stereocenters. The lowest BCUT2D eigenvalue weighted by Crippen LogP contribution is -2.50. The first-order valence-electron chi connectivity index (χ1n) is 8.13. The van der Waals surface area contributed by atoms with Crippen LogP contribution in [0.1, 0.15) is 25.6 Å². The second-order valence-corrected chi connectivity index (χ2v) is 7.53. The quantitative estimate of drug-likeness (QED) is 0.904. The largest absolute Gasteiger partial charge is 0.467 e. The minimum absolute atomic E-state index is 0.0450. The molecule has 3 heterocycles. The molecule has 1 amide bonds. The van der Waals surface area contributed by atoms with Gasteiger partial charge in [-0.1, -0.05) is 18.7 Å². The van der Waals surface area contributed by atoms with Crippen molar-refractivity contribution in [3.8, 4) is 0 Å². The molecule has 2 aliphatic rings. The first-order chi connectivity index (χ1) is 11.1. The number of furan rings is 1. The van der Waals surface area contributed by atoms with Crippen molar-refractivity contribution in [3.63, 3.8) is 0 Å². The number of aliphatic imine (C=N–C) groups is 1. The topological polar surface area (TPSA) is 61.1 Å². The number of carbonyl (C=O) groups is 1. The lowest BCUT2D eigenvalue weighted by molar-refractivity contribution is -0.123. The number of nitrogens with one attached hydrogen (secondary N) is 1. The van der Waals surface area contributed by atoms with Crippen LogP contribution in [0.3, 0.4) is 0 Å². The molecule has 0 radical (unpaired) electrons. The second-order valence-electron chi connectivity index (χ2n) is 6.12. The monoisotopic (exact) mass is 336 g/mol. The zero-order chi connectivity index (χ0) is 16.2. The van der Waals surface area contributed by atoms with Crippen molar-refractivity contribution in [2.45, 2.75) is 25.1 Å². The number of nitrogens with zero attached hydrogens (tertiary/aromatic N) is 3. The first kappa shape index (κ1) is 16.4. The first-order valence-corrected chi connectivity index (χ1v) is 9.01. The number of hydrogen-bond donors (Lipinski definition) is 1. The van der Waals surface area contributed by atoms with Gasteiger partial charge in [0.25, 0.3) is 0 Å². The molecule has 0 bridgehead atoms. The lowest BCUT2D eigenvalue weighted by Gasteiger charge is -2.35. The van der Waals surface area contributed by atoms with Crippen molar-refractivity contribution in [2.75, 3.05) is 39.3 Å². The van der Waals surface area contributed by atoms with E-state index in [0.29, 0.717) is 11.8 Å². The molecule has 1 fully saturated rings. The molecule has 0 saturated carbocycles. The van der Waals surface area contributed by atoms with Crippen LogP contribution < -0.4 is 5.32 Å². The predicted molar refractivity (Wildman–Crippen MR) is 92.6 cm³/mol. The molecule has 2 atom stereocenters. The van der Waals surface area contributed by atoms with E-state index in [9.17, 15) is 4.79 Å². The molecule has 6 nitrogen and oxygen atoms in total. The van der Waals surface area contributed by atoms with E-state index in [1.165, 1.54) is 5.17 Å². The number of carbonyl (C=O) groups excluding carboxylic acids is 1. The van der Waals surface area contributed by atoms with Crippen molar-refractivity contribution in [1.29, 1.82) is 0 Å². The fourth-order valence-corrected chi connectivity index (χ4v) is 3.82. The predicted octanol–water partition coefficient (Wildman–Crippen LogP) is 1.57. The van der Waals surface area contributed by atoms with Crippen LogP contribution in [0.25, 0.3) is 0 Å². The molecule has 1 aromatic heterocycles. The third kappa shape index (κ3) is 4.29. The molecule has 1 saturated heterocycles. The number of hydrogen-bond acceptors (Lipinski definition) is 6. The van der Waals surface area contributed by atoms with Gasteiger partial charge in [0.1, 0.15) is 5.76 Å². The fourth-order valence-electron chi connectivity index (χ4n) is 2.83. The summed E-state index contributed by atoms with van der Waals surface area (Å²) in [5.74, 6) is 0.831. The Kier molecular flexibility index (Phi) is 5.27. The van der Waals surface area contributed by atoms with Gasteiger partial charge in [0, 0.05) is 31.4 Å². The van der Waals surface area contributed by atoms with Crippen LogP contribution in [0.2, 0.25) is 0 Å². The Balaban J connectivity index is 1.41. The van der Waals surface area contributed by atoms with E-state index in [1.807, 2.05) is 30.8 Å². The molecule has 0 aromatic carbocycles. The van der Waals surface area contributed by atoms with Gasteiger partial charge in [-0.2, -0.15) is 0 Å². The lowest BCUT2D eigenvalue weighted by atomic mass is 10.2. The zero-order valence-electron chi connectivity index (χ0n) is 13.7. The Bertz CT molecular complexity index is 552. The van der Waals surface area contributed by atoms with Crippen molar-refractivity contribution < 1.29 is 9.21 Å². The molecule has 23 heavy (non-hydrogen) atoms. The highest BCUT2D eigenvalue weighted by Gasteiger charge is 2.25. The van der Waals surface area contributed by atoms with Gasteiger partial charge in [0.05, 0.1) is 25.4 Å². The Morgan fingerprint density at radius 2 is 2.26 bits per heavy atom. The fraction of sp³-hybridized carbons (Fsp3) is 0.625. The Hall–Kier alpha value is -1.47. The van der Waals surface area contributed by atoms with Crippen LogP contribution in [-0.4, -0.2) is 65.4 Å². The molecule has 1 N–H and O–H groups in total. The highest BCUT2D eigenvalue weighted by Crippen LogP contribution is 2.23. The molecule has 2 aliphatic heterocycles. The maximum atomic E-state index is 12.2. The number of rotatable bonds is 4. The van der Waals surface area contributed by atoms with E-state index in [1.54, 1.807) is 6.26 Å². The Morgan fingerprint density at radius 1 is 1.48 bits per heavy atom. The average Bonchev–Trinajstić information content (AvgIpc) is 3.19. The van der Waals surface area contributed by atoms with Crippen LogP contribution in [0, 0.1) is 0 Å². The minimum Gasteiger partial charge on any atom is -0.467 e. The summed E-state index contributed by atoms with van der Waals surface area (Å²) in [7, 11) is 0. The van der Waals surface area contributed by atoms with Crippen LogP contribution in [0.5, 0.6) is 0 Å². The van der Waals surface area contributed by atoms with Crippen LogP contribution in [-0.2, 0) is 4.79 Å². The van der Waals surface area contributed by atoms with Gasteiger partial charge in [-0.25, -0.2) is 0 Å². The maximum Gasteiger partial charge on any atom is 0.234 e. The summed E-state index contributed by atoms with van der Waals surface area (Å²) >= 11 is 1.86. The Morgan fingerprint density at radius 3 is 2.87 bits per heavy atom. The van der Waals surface area contributed by atoms with Gasteiger partial charge < -0.3 is 14.6 Å². The van der Waals surface area contributed by atoms with E-state index < -0.39 is 0 Å². The highest BCUT2D eigenvalue weighted by molar-refractivity contribution is 8.14. The SMILES string of the molecule is C[C@H]1CN=C(N2CCN(CC(=O)N[C@H](C)c3ccco3)CC2)S1. The van der Waals surface area contributed by atoms with Crippen LogP contribution in [0.4, 0.5) is 0 Å². The normalized spacial score (nSPS) is 23.7. The third-order valence-corrected chi connectivity index (χ3v) is 5.30. The standard InChI is InChI=1S/C16H24N4O2S/c1-12-10-17-16(23-12)20-7-5-19(6-8-20)11-15(21)18-13(2)14-4-3-9-22-14/h3-4,9,12-13H,5-8,10-11H2,1-2H3,(H,18,21)/t12-,13+/m0/s1. The molecule has 3 rings (SSSR count). The summed E-state index contributed by atoms with van der Waals surface area (Å²) < 4.78 is 5.32. The summed E-state index contributed by atoms with van der Waals surface area (Å²) in [5.41, 5.74) is 0. The molecular formula is C16H24N4O2S. The summed E-state index contributed by atoms with van der Waals surface area (Å²) in [6, 6.07) is 3.62. The van der Waals surface area contributed by atoms with E-state index in [0.717, 1.165) is 38.5 Å². The number of thioether (sulfide) groups is 1. The highest BCUT2D eigenvalue weighted by atomic mass is 32.2. The molecule has 1 aromatic rings. The molecule has 7 heteroatoms. The van der Waals surface area contributed by atoms with Crippen molar-refractivity contribution in [1.82, 2.24) is 15.1 Å². The average molecular weight is 336 g/mol. The maximum absolute atomic E-state index is 12.2. The summed E-state index contributed by atoms with van der Waals surface area (Å²) in [6.45, 7) is 9.20. The van der Waals surface area contributed by atoms with Crippen molar-refractivity contribution >= 4 is 22.8 Å². The van der Waals surface area contributed by atoms with Gasteiger partial charge in [-0.3, -0.25) is 14.7 Å². The van der Waals surface area contributed by atoms with E-state index in [-0.39, 0.29) is 11.9 Å². The summed E-state index contributed by atoms with van der Waals surface area (Å²) in [5, 5.41) is 4.75. The van der Waals surface area contributed by atoms with Crippen molar-refractivity contribution in [3.05, 3.63) is 24.2 Å². The van der Waals surface area contributed by atoms with Crippen LogP contribution in [0.15, 0.2) is 27.8 Å². The summed E-state index contributed by atoms with van der Waals surface area (Å²) in [6.07, 6.45) is 1.63. The van der Waals surface area contributed by atoms with Gasteiger partial charge in [0.15, 0.2) is 5.17 Å². The molecule has 126 valence electrons. The summed E-state index contributed by atoms with van der Waals surface area (Å²) in [4.78, 5) is 21.3. The number of amides is 1. The van der Waals surface area contributed by atoms with Crippen LogP contribution >= 0.6 is 11.8 Å². The molecule has 0 aliphatic carbocycles. The van der Waals surface area contributed by atoms with Gasteiger partial charge in [-0.15, -0.1) is 0 Å². The molecule has 0 spiro atoms. The second kappa shape index (κ2) is 7.40. The van der Waals surface area contributed by atoms with Gasteiger partial charge in [0.2, 0.25) is 5.91 Å². The van der Waals surface area contributed by atoms with E-state index in [2.05, 4.69) is 27.0 Å². The van der Waals surface area contributed by atoms with Crippen molar-refractivity contribution in [2.24, 2.45) is 4.99 Å².